The van der Waals surface area contributed by atoms with Crippen LogP contribution in [0.5, 0.6) is 0 Å². The third kappa shape index (κ3) is 3.47. The minimum Gasteiger partial charge on any atom is -0.273 e. The van der Waals surface area contributed by atoms with E-state index in [1.165, 1.54) is 17.1 Å². The summed E-state index contributed by atoms with van der Waals surface area (Å²) in [4.78, 5) is 13.6. The first kappa shape index (κ1) is 21.0. The maximum atomic E-state index is 13.8. The van der Waals surface area contributed by atoms with Crippen molar-refractivity contribution in [2.45, 2.75) is 38.3 Å². The highest BCUT2D eigenvalue weighted by Gasteiger charge is 2.50. The molecule has 2 unspecified atom stereocenters. The average Bonchev–Trinajstić information content (AvgIpc) is 3.44. The summed E-state index contributed by atoms with van der Waals surface area (Å²) >= 11 is 0. The summed E-state index contributed by atoms with van der Waals surface area (Å²) in [6, 6.07) is 10.7. The summed E-state index contributed by atoms with van der Waals surface area (Å²) in [7, 11) is 0. The molecule has 7 rings (SSSR count). The summed E-state index contributed by atoms with van der Waals surface area (Å²) < 4.78 is 29.6. The predicted octanol–water partition coefficient (Wildman–Crippen LogP) is 4.81. The molecule has 0 N–H and O–H groups in total. The lowest BCUT2D eigenvalue weighted by atomic mass is 9.55. The van der Waals surface area contributed by atoms with Crippen LogP contribution < -0.4 is 0 Å². The highest BCUT2D eigenvalue weighted by atomic mass is 19.1. The fourth-order valence-corrected chi connectivity index (χ4v) is 6.02. The standard InChI is InChI=1S/C26H23F2N5O/c27-21-8-18(9-22(28)11-21)25-3-4-30-33(25)26(34)23-10-20(16-6-17(23)7-16)14-32-24-2-1-15(12-29)5-19(24)13-31-32/h1-2,4-5,8-9,11,13,16-17,20,23,25H,3,6-7,10,14H2/t16?,17?,20?,23-,25?/m0/s1. The highest BCUT2D eigenvalue weighted by Crippen LogP contribution is 2.53. The molecule has 3 fully saturated rings. The van der Waals surface area contributed by atoms with Crippen LogP contribution in [0.1, 0.15) is 42.9 Å². The van der Waals surface area contributed by atoms with Gasteiger partial charge in [0.05, 0.1) is 29.4 Å². The normalized spacial score (nSPS) is 27.6. The summed E-state index contributed by atoms with van der Waals surface area (Å²) in [6.07, 6.45) is 6.66. The Labute approximate surface area is 195 Å². The van der Waals surface area contributed by atoms with Gasteiger partial charge in [-0.15, -0.1) is 0 Å². The average molecular weight is 460 g/mol. The smallest absolute Gasteiger partial charge is 0.246 e. The molecule has 1 aliphatic heterocycles. The van der Waals surface area contributed by atoms with Crippen molar-refractivity contribution >= 4 is 23.0 Å². The van der Waals surface area contributed by atoms with E-state index in [2.05, 4.69) is 16.3 Å². The fourth-order valence-electron chi connectivity index (χ4n) is 6.02. The minimum absolute atomic E-state index is 0.0550. The van der Waals surface area contributed by atoms with E-state index in [9.17, 15) is 13.6 Å². The van der Waals surface area contributed by atoms with Crippen LogP contribution in [-0.2, 0) is 11.3 Å². The van der Waals surface area contributed by atoms with Gasteiger partial charge in [0.25, 0.3) is 0 Å². The molecule has 34 heavy (non-hydrogen) atoms. The van der Waals surface area contributed by atoms with Crippen molar-refractivity contribution in [1.29, 1.82) is 5.26 Å². The molecule has 0 spiro atoms. The summed E-state index contributed by atoms with van der Waals surface area (Å²) in [6.45, 7) is 0.721. The van der Waals surface area contributed by atoms with E-state index in [-0.39, 0.29) is 11.8 Å². The zero-order valence-electron chi connectivity index (χ0n) is 18.4. The first-order chi connectivity index (χ1) is 16.5. The van der Waals surface area contributed by atoms with Crippen LogP contribution in [-0.4, -0.2) is 26.9 Å². The Kier molecular flexibility index (Phi) is 4.94. The van der Waals surface area contributed by atoms with E-state index >= 15 is 0 Å². The van der Waals surface area contributed by atoms with Gasteiger partial charge in [0.2, 0.25) is 5.91 Å². The zero-order valence-corrected chi connectivity index (χ0v) is 18.4. The number of halogens is 2. The van der Waals surface area contributed by atoms with Gasteiger partial charge in [0.1, 0.15) is 11.6 Å². The molecule has 8 heteroatoms. The topological polar surface area (TPSA) is 74.3 Å². The Balaban J connectivity index is 1.21. The fraction of sp³-hybridized carbons (Fsp3) is 0.385. The van der Waals surface area contributed by atoms with Crippen molar-refractivity contribution in [3.8, 4) is 6.07 Å². The Morgan fingerprint density at radius 1 is 1.09 bits per heavy atom. The van der Waals surface area contributed by atoms with Crippen molar-refractivity contribution in [2.75, 3.05) is 0 Å². The maximum absolute atomic E-state index is 13.8. The maximum Gasteiger partial charge on any atom is 0.246 e. The highest BCUT2D eigenvalue weighted by molar-refractivity contribution is 5.83. The molecule has 0 radical (unpaired) electrons. The van der Waals surface area contributed by atoms with Gasteiger partial charge in [-0.3, -0.25) is 9.48 Å². The van der Waals surface area contributed by atoms with Gasteiger partial charge in [0, 0.05) is 36.6 Å². The number of nitriles is 1. The Morgan fingerprint density at radius 2 is 1.88 bits per heavy atom. The number of carbonyl (C=O) groups is 1. The monoisotopic (exact) mass is 459 g/mol. The van der Waals surface area contributed by atoms with Crippen molar-refractivity contribution in [2.24, 2.45) is 28.8 Å². The van der Waals surface area contributed by atoms with E-state index in [4.69, 9.17) is 5.26 Å². The lowest BCUT2D eigenvalue weighted by Crippen LogP contribution is -2.49. The predicted molar refractivity (Wildman–Crippen MR) is 121 cm³/mol. The van der Waals surface area contributed by atoms with Gasteiger partial charge in [0.15, 0.2) is 0 Å². The summed E-state index contributed by atoms with van der Waals surface area (Å²) in [5.74, 6) is -0.290. The molecular weight excluding hydrogens is 436 g/mol. The molecule has 3 saturated carbocycles. The second-order valence-electron chi connectivity index (χ2n) is 9.74. The molecular formula is C26H23F2N5O. The second kappa shape index (κ2) is 8.01. The first-order valence-electron chi connectivity index (χ1n) is 11.7. The number of fused-ring (bicyclic) bond motifs is 3. The number of rotatable bonds is 4. The van der Waals surface area contributed by atoms with E-state index in [1.54, 1.807) is 18.5 Å². The Hall–Kier alpha value is -3.60. The SMILES string of the molecule is N#Cc1ccc2c(cnn2CC2C[C@H](C(=O)N3N=CCC3c3cc(F)cc(F)c3)C3CC2C3)c1. The molecule has 172 valence electrons. The number of nitrogens with zero attached hydrogens (tertiary/aromatic N) is 5. The van der Waals surface area contributed by atoms with Crippen molar-refractivity contribution in [1.82, 2.24) is 14.8 Å². The Bertz CT molecular complexity index is 1330. The van der Waals surface area contributed by atoms with Gasteiger partial charge >= 0.3 is 0 Å². The van der Waals surface area contributed by atoms with Gasteiger partial charge in [-0.1, -0.05) is 0 Å². The molecule has 2 bridgehead atoms. The molecule has 2 heterocycles. The van der Waals surface area contributed by atoms with E-state index < -0.39 is 17.7 Å². The van der Waals surface area contributed by atoms with Crippen LogP contribution in [0.15, 0.2) is 47.7 Å². The van der Waals surface area contributed by atoms with Gasteiger partial charge in [-0.05, 0) is 72.9 Å². The number of carbonyl (C=O) groups excluding carboxylic acids is 1. The van der Waals surface area contributed by atoms with Crippen LogP contribution in [0, 0.1) is 46.6 Å². The van der Waals surface area contributed by atoms with Crippen molar-refractivity contribution < 1.29 is 13.6 Å². The second-order valence-corrected chi connectivity index (χ2v) is 9.74. The zero-order chi connectivity index (χ0) is 23.4. The van der Waals surface area contributed by atoms with Gasteiger partial charge < -0.3 is 0 Å². The third-order valence-electron chi connectivity index (χ3n) is 7.82. The number of amides is 1. The van der Waals surface area contributed by atoms with Gasteiger partial charge in [-0.25, -0.2) is 13.8 Å². The molecule has 0 saturated heterocycles. The molecule has 1 aromatic heterocycles. The third-order valence-corrected chi connectivity index (χ3v) is 7.82. The molecule has 3 atom stereocenters. The number of hydrazone groups is 1. The quantitative estimate of drug-likeness (QED) is 0.562. The molecule has 4 aliphatic rings. The van der Waals surface area contributed by atoms with Crippen LogP contribution in [0.3, 0.4) is 0 Å². The van der Waals surface area contributed by atoms with E-state index in [0.717, 1.165) is 42.8 Å². The number of aromatic nitrogens is 2. The van der Waals surface area contributed by atoms with Crippen LogP contribution >= 0.6 is 0 Å². The number of hydrogen-bond acceptors (Lipinski definition) is 4. The summed E-state index contributed by atoms with van der Waals surface area (Å²) in [5, 5.41) is 20.4. The molecule has 2 aromatic carbocycles. The molecule has 6 nitrogen and oxygen atoms in total. The van der Waals surface area contributed by atoms with Crippen LogP contribution in [0.4, 0.5) is 8.78 Å². The van der Waals surface area contributed by atoms with E-state index in [1.807, 2.05) is 16.8 Å². The minimum atomic E-state index is -0.651. The lowest BCUT2D eigenvalue weighted by Gasteiger charge is -2.51. The number of benzene rings is 2. The van der Waals surface area contributed by atoms with Crippen molar-refractivity contribution in [3.05, 3.63) is 65.4 Å². The summed E-state index contributed by atoms with van der Waals surface area (Å²) in [5.41, 5.74) is 2.03. The lowest BCUT2D eigenvalue weighted by molar-refractivity contribution is -0.147. The molecule has 3 aromatic rings. The van der Waals surface area contributed by atoms with Crippen molar-refractivity contribution in [3.63, 3.8) is 0 Å². The van der Waals surface area contributed by atoms with Gasteiger partial charge in [-0.2, -0.15) is 15.5 Å². The van der Waals surface area contributed by atoms with Crippen LogP contribution in [0.25, 0.3) is 10.9 Å². The molecule has 1 amide bonds. The number of hydrogen-bond donors (Lipinski definition) is 0. The Morgan fingerprint density at radius 3 is 2.65 bits per heavy atom. The first-order valence-corrected chi connectivity index (χ1v) is 11.7. The largest absolute Gasteiger partial charge is 0.273 e. The molecule has 3 aliphatic carbocycles. The van der Waals surface area contributed by atoms with Crippen LogP contribution in [0.2, 0.25) is 0 Å². The van der Waals surface area contributed by atoms with E-state index in [0.29, 0.717) is 35.3 Å².